The van der Waals surface area contributed by atoms with E-state index >= 15 is 0 Å². The molecule has 0 aromatic heterocycles. The Balaban J connectivity index is 2.50. The second-order valence-electron chi connectivity index (χ2n) is 3.90. The SMILES string of the molecule is COCCCNC(=O)c1ccc(C)c(C)c1. The minimum absolute atomic E-state index is 0.0146. The molecule has 0 saturated heterocycles. The lowest BCUT2D eigenvalue weighted by Gasteiger charge is -2.06. The first kappa shape index (κ1) is 12.7. The Hall–Kier alpha value is -1.35. The average Bonchev–Trinajstić information content (AvgIpc) is 2.28. The molecule has 0 atom stereocenters. The molecule has 0 bridgehead atoms. The van der Waals surface area contributed by atoms with Crippen LogP contribution < -0.4 is 5.32 Å². The van der Waals surface area contributed by atoms with Crippen LogP contribution in [0.2, 0.25) is 0 Å². The lowest BCUT2D eigenvalue weighted by Crippen LogP contribution is -2.25. The molecule has 1 N–H and O–H groups in total. The van der Waals surface area contributed by atoms with Crippen LogP contribution in [-0.4, -0.2) is 26.2 Å². The van der Waals surface area contributed by atoms with Crippen LogP contribution in [0.3, 0.4) is 0 Å². The van der Waals surface area contributed by atoms with Gasteiger partial charge in [-0.15, -0.1) is 0 Å². The average molecular weight is 221 g/mol. The van der Waals surface area contributed by atoms with E-state index in [1.807, 2.05) is 32.0 Å². The fourth-order valence-corrected chi connectivity index (χ4v) is 1.40. The number of methoxy groups -OCH3 is 1. The van der Waals surface area contributed by atoms with Crippen LogP contribution in [-0.2, 0) is 4.74 Å². The molecule has 0 fully saturated rings. The van der Waals surface area contributed by atoms with E-state index in [9.17, 15) is 4.79 Å². The fraction of sp³-hybridized carbons (Fsp3) is 0.462. The molecule has 0 aliphatic heterocycles. The Kier molecular flexibility index (Phi) is 4.99. The smallest absolute Gasteiger partial charge is 0.251 e. The van der Waals surface area contributed by atoms with E-state index in [0.717, 1.165) is 17.5 Å². The van der Waals surface area contributed by atoms with Gasteiger partial charge >= 0.3 is 0 Å². The number of amides is 1. The number of aryl methyl sites for hydroxylation is 2. The molecule has 0 unspecified atom stereocenters. The largest absolute Gasteiger partial charge is 0.385 e. The predicted molar refractivity (Wildman–Crippen MR) is 64.7 cm³/mol. The van der Waals surface area contributed by atoms with E-state index in [-0.39, 0.29) is 5.91 Å². The Bertz CT molecular complexity index is 361. The van der Waals surface area contributed by atoms with Gasteiger partial charge in [-0.1, -0.05) is 6.07 Å². The molecule has 3 heteroatoms. The number of benzene rings is 1. The molecule has 1 aromatic carbocycles. The molecular formula is C13H19NO2. The van der Waals surface area contributed by atoms with Crippen LogP contribution in [0.15, 0.2) is 18.2 Å². The second kappa shape index (κ2) is 6.28. The third-order valence-corrected chi connectivity index (χ3v) is 2.58. The highest BCUT2D eigenvalue weighted by atomic mass is 16.5. The third kappa shape index (κ3) is 3.66. The van der Waals surface area contributed by atoms with Gasteiger partial charge in [0.25, 0.3) is 5.91 Å². The summed E-state index contributed by atoms with van der Waals surface area (Å²) >= 11 is 0. The molecular weight excluding hydrogens is 202 g/mol. The van der Waals surface area contributed by atoms with Gasteiger partial charge in [0.2, 0.25) is 0 Å². The summed E-state index contributed by atoms with van der Waals surface area (Å²) in [4.78, 5) is 11.7. The van der Waals surface area contributed by atoms with Crippen LogP contribution in [0.25, 0.3) is 0 Å². The van der Waals surface area contributed by atoms with Crippen molar-refractivity contribution in [1.82, 2.24) is 5.32 Å². The van der Waals surface area contributed by atoms with Gasteiger partial charge < -0.3 is 10.1 Å². The van der Waals surface area contributed by atoms with Crippen LogP contribution in [0.1, 0.15) is 27.9 Å². The van der Waals surface area contributed by atoms with E-state index in [2.05, 4.69) is 5.32 Å². The number of carbonyl (C=O) groups excluding carboxylic acids is 1. The van der Waals surface area contributed by atoms with Crippen molar-refractivity contribution in [2.75, 3.05) is 20.3 Å². The monoisotopic (exact) mass is 221 g/mol. The van der Waals surface area contributed by atoms with Gasteiger partial charge in [0.05, 0.1) is 0 Å². The zero-order valence-corrected chi connectivity index (χ0v) is 10.2. The molecule has 1 amide bonds. The van der Waals surface area contributed by atoms with E-state index < -0.39 is 0 Å². The number of ether oxygens (including phenoxy) is 1. The van der Waals surface area contributed by atoms with Gasteiger partial charge in [0.1, 0.15) is 0 Å². The Labute approximate surface area is 96.8 Å². The predicted octanol–water partition coefficient (Wildman–Crippen LogP) is 2.07. The molecule has 0 aliphatic rings. The molecule has 0 aliphatic carbocycles. The highest BCUT2D eigenvalue weighted by molar-refractivity contribution is 5.94. The first-order chi connectivity index (χ1) is 7.65. The van der Waals surface area contributed by atoms with Crippen molar-refractivity contribution in [3.05, 3.63) is 34.9 Å². The molecule has 0 spiro atoms. The normalized spacial score (nSPS) is 10.2. The molecule has 0 radical (unpaired) electrons. The van der Waals surface area contributed by atoms with E-state index in [1.54, 1.807) is 7.11 Å². The van der Waals surface area contributed by atoms with E-state index in [0.29, 0.717) is 13.2 Å². The van der Waals surface area contributed by atoms with Crippen LogP contribution in [0, 0.1) is 13.8 Å². The van der Waals surface area contributed by atoms with Gasteiger partial charge in [0, 0.05) is 25.8 Å². The van der Waals surface area contributed by atoms with Crippen LogP contribution >= 0.6 is 0 Å². The Morgan fingerprint density at radius 2 is 2.06 bits per heavy atom. The summed E-state index contributed by atoms with van der Waals surface area (Å²) in [6.07, 6.45) is 0.840. The summed E-state index contributed by atoms with van der Waals surface area (Å²) in [6, 6.07) is 5.74. The highest BCUT2D eigenvalue weighted by Crippen LogP contribution is 2.09. The second-order valence-corrected chi connectivity index (χ2v) is 3.90. The van der Waals surface area contributed by atoms with Crippen molar-refractivity contribution < 1.29 is 9.53 Å². The molecule has 16 heavy (non-hydrogen) atoms. The first-order valence-corrected chi connectivity index (χ1v) is 5.49. The maximum atomic E-state index is 11.7. The Morgan fingerprint density at radius 3 is 2.69 bits per heavy atom. The summed E-state index contributed by atoms with van der Waals surface area (Å²) in [5.74, 6) is -0.0146. The summed E-state index contributed by atoms with van der Waals surface area (Å²) in [5.41, 5.74) is 3.07. The molecule has 1 rings (SSSR count). The molecule has 3 nitrogen and oxygen atoms in total. The van der Waals surface area contributed by atoms with Crippen molar-refractivity contribution in [3.8, 4) is 0 Å². The van der Waals surface area contributed by atoms with Gasteiger partial charge in [-0.3, -0.25) is 4.79 Å². The van der Waals surface area contributed by atoms with Crippen LogP contribution in [0.5, 0.6) is 0 Å². The maximum Gasteiger partial charge on any atom is 0.251 e. The topological polar surface area (TPSA) is 38.3 Å². The molecule has 0 heterocycles. The van der Waals surface area contributed by atoms with Crippen molar-refractivity contribution in [2.45, 2.75) is 20.3 Å². The third-order valence-electron chi connectivity index (χ3n) is 2.58. The molecule has 0 saturated carbocycles. The van der Waals surface area contributed by atoms with Crippen molar-refractivity contribution in [3.63, 3.8) is 0 Å². The van der Waals surface area contributed by atoms with Crippen molar-refractivity contribution >= 4 is 5.91 Å². The quantitative estimate of drug-likeness (QED) is 0.773. The minimum atomic E-state index is -0.0146. The fourth-order valence-electron chi connectivity index (χ4n) is 1.40. The van der Waals surface area contributed by atoms with Crippen molar-refractivity contribution in [2.24, 2.45) is 0 Å². The number of nitrogens with one attached hydrogen (secondary N) is 1. The zero-order chi connectivity index (χ0) is 12.0. The lowest BCUT2D eigenvalue weighted by atomic mass is 10.1. The zero-order valence-electron chi connectivity index (χ0n) is 10.2. The number of hydrogen-bond acceptors (Lipinski definition) is 2. The van der Waals surface area contributed by atoms with Crippen molar-refractivity contribution in [1.29, 1.82) is 0 Å². The number of carbonyl (C=O) groups is 1. The number of hydrogen-bond donors (Lipinski definition) is 1. The van der Waals surface area contributed by atoms with Gasteiger partial charge in [-0.2, -0.15) is 0 Å². The highest BCUT2D eigenvalue weighted by Gasteiger charge is 2.05. The lowest BCUT2D eigenvalue weighted by molar-refractivity contribution is 0.0948. The minimum Gasteiger partial charge on any atom is -0.385 e. The molecule has 88 valence electrons. The summed E-state index contributed by atoms with van der Waals surface area (Å²) in [5, 5.41) is 2.86. The summed E-state index contributed by atoms with van der Waals surface area (Å²) in [7, 11) is 1.66. The summed E-state index contributed by atoms with van der Waals surface area (Å²) < 4.78 is 4.91. The maximum absolute atomic E-state index is 11.7. The number of rotatable bonds is 5. The summed E-state index contributed by atoms with van der Waals surface area (Å²) in [6.45, 7) is 5.37. The van der Waals surface area contributed by atoms with Gasteiger partial charge in [-0.25, -0.2) is 0 Å². The standard InChI is InChI=1S/C13H19NO2/c1-10-5-6-12(9-11(10)2)13(15)14-7-4-8-16-3/h5-6,9H,4,7-8H2,1-3H3,(H,14,15). The van der Waals surface area contributed by atoms with E-state index in [4.69, 9.17) is 4.74 Å². The van der Waals surface area contributed by atoms with Gasteiger partial charge in [0.15, 0.2) is 0 Å². The van der Waals surface area contributed by atoms with Gasteiger partial charge in [-0.05, 0) is 43.5 Å². The van der Waals surface area contributed by atoms with E-state index in [1.165, 1.54) is 5.56 Å². The van der Waals surface area contributed by atoms with Crippen LogP contribution in [0.4, 0.5) is 0 Å². The first-order valence-electron chi connectivity index (χ1n) is 5.49. The molecule has 1 aromatic rings. The Morgan fingerprint density at radius 1 is 1.31 bits per heavy atom.